The van der Waals surface area contributed by atoms with Gasteiger partial charge in [-0.25, -0.2) is 0 Å². The summed E-state index contributed by atoms with van der Waals surface area (Å²) < 4.78 is 22.4. The van der Waals surface area contributed by atoms with Crippen molar-refractivity contribution in [2.24, 2.45) is 0 Å². The van der Waals surface area contributed by atoms with Gasteiger partial charge in [-0.3, -0.25) is 0 Å². The van der Waals surface area contributed by atoms with Crippen LogP contribution in [-0.2, 0) is 18.8 Å². The normalized spacial score (nSPS) is 26.7. The third-order valence-corrected chi connectivity index (χ3v) is 3.82. The molecular formula is C13H21BO4. The van der Waals surface area contributed by atoms with E-state index in [0.29, 0.717) is 20.0 Å². The third-order valence-electron chi connectivity index (χ3n) is 3.82. The monoisotopic (exact) mass is 252 g/mol. The molecule has 5 heteroatoms. The standard InChI is InChI=1S/C13H21BO4/c1-10(11-6-7-15-9-16-8-11)14-17-12(2,3)13(4,5)18-14/h6H,1,7-9H2,2-5H3. The van der Waals surface area contributed by atoms with Gasteiger partial charge in [0, 0.05) is 0 Å². The van der Waals surface area contributed by atoms with Crippen LogP contribution in [0, 0.1) is 0 Å². The van der Waals surface area contributed by atoms with Gasteiger partial charge in [-0.05, 0) is 38.7 Å². The van der Waals surface area contributed by atoms with E-state index < -0.39 is 7.12 Å². The first-order valence-corrected chi connectivity index (χ1v) is 6.23. The van der Waals surface area contributed by atoms with Gasteiger partial charge in [-0.1, -0.05) is 12.7 Å². The minimum absolute atomic E-state index is 0.316. The molecule has 0 aromatic rings. The molecule has 4 nitrogen and oxygen atoms in total. The Bertz CT molecular complexity index is 357. The van der Waals surface area contributed by atoms with Crippen LogP contribution in [-0.4, -0.2) is 38.3 Å². The summed E-state index contributed by atoms with van der Waals surface area (Å²) in [5.74, 6) is 0. The fourth-order valence-corrected chi connectivity index (χ4v) is 1.84. The molecule has 0 spiro atoms. The van der Waals surface area contributed by atoms with Crippen molar-refractivity contribution in [1.29, 1.82) is 0 Å². The van der Waals surface area contributed by atoms with E-state index >= 15 is 0 Å². The van der Waals surface area contributed by atoms with E-state index in [1.807, 2.05) is 33.8 Å². The van der Waals surface area contributed by atoms with Crippen molar-refractivity contribution in [3.05, 3.63) is 23.7 Å². The van der Waals surface area contributed by atoms with Crippen LogP contribution in [0.5, 0.6) is 0 Å². The molecule has 0 aliphatic carbocycles. The highest BCUT2D eigenvalue weighted by atomic mass is 16.7. The van der Waals surface area contributed by atoms with E-state index in [0.717, 1.165) is 11.0 Å². The second-order valence-corrected chi connectivity index (χ2v) is 5.68. The Kier molecular flexibility index (Phi) is 3.69. The molecule has 0 saturated carbocycles. The van der Waals surface area contributed by atoms with Crippen LogP contribution in [0.15, 0.2) is 23.7 Å². The van der Waals surface area contributed by atoms with Crippen molar-refractivity contribution in [2.75, 3.05) is 20.0 Å². The van der Waals surface area contributed by atoms with Gasteiger partial charge in [-0.15, -0.1) is 0 Å². The zero-order valence-electron chi connectivity index (χ0n) is 11.6. The van der Waals surface area contributed by atoms with Crippen LogP contribution in [0.2, 0.25) is 0 Å². The summed E-state index contributed by atoms with van der Waals surface area (Å²) in [5, 5.41) is 0. The number of ether oxygens (including phenoxy) is 2. The van der Waals surface area contributed by atoms with Gasteiger partial charge >= 0.3 is 7.12 Å². The molecule has 2 aliphatic rings. The fourth-order valence-electron chi connectivity index (χ4n) is 1.84. The van der Waals surface area contributed by atoms with E-state index in [2.05, 4.69) is 6.58 Å². The minimum atomic E-state index is -0.414. The summed E-state index contributed by atoms with van der Waals surface area (Å²) in [7, 11) is -0.414. The molecule has 2 heterocycles. The molecule has 2 rings (SSSR count). The molecule has 100 valence electrons. The maximum atomic E-state index is 5.96. The largest absolute Gasteiger partial charge is 0.494 e. The Balaban J connectivity index is 2.09. The Morgan fingerprint density at radius 2 is 1.78 bits per heavy atom. The van der Waals surface area contributed by atoms with Gasteiger partial charge in [-0.2, -0.15) is 0 Å². The van der Waals surface area contributed by atoms with Gasteiger partial charge in [0.25, 0.3) is 0 Å². The topological polar surface area (TPSA) is 36.9 Å². The lowest BCUT2D eigenvalue weighted by Gasteiger charge is -2.32. The molecular weight excluding hydrogens is 231 g/mol. The summed E-state index contributed by atoms with van der Waals surface area (Å²) in [6, 6.07) is 0. The Labute approximate surface area is 109 Å². The first-order valence-electron chi connectivity index (χ1n) is 6.23. The van der Waals surface area contributed by atoms with Crippen molar-refractivity contribution in [3.63, 3.8) is 0 Å². The molecule has 18 heavy (non-hydrogen) atoms. The van der Waals surface area contributed by atoms with Crippen molar-refractivity contribution >= 4 is 7.12 Å². The quantitative estimate of drug-likeness (QED) is 0.705. The third kappa shape index (κ3) is 2.54. The highest BCUT2D eigenvalue weighted by Gasteiger charge is 2.52. The summed E-state index contributed by atoms with van der Waals surface area (Å²) in [5.41, 5.74) is 1.12. The molecule has 0 amide bonds. The molecule has 0 aromatic heterocycles. The van der Waals surface area contributed by atoms with Crippen LogP contribution in [0.4, 0.5) is 0 Å². The summed E-state index contributed by atoms with van der Waals surface area (Å²) in [6.07, 6.45) is 1.97. The Hall–Kier alpha value is -0.615. The summed E-state index contributed by atoms with van der Waals surface area (Å²) in [6.45, 7) is 13.5. The van der Waals surface area contributed by atoms with Crippen LogP contribution in [0.25, 0.3) is 0 Å². The SMILES string of the molecule is C=C(B1OC(C)(C)C(C)(C)O1)C1=CCOCOC1. The average molecular weight is 252 g/mol. The second-order valence-electron chi connectivity index (χ2n) is 5.68. The van der Waals surface area contributed by atoms with E-state index in [1.54, 1.807) is 0 Å². The van der Waals surface area contributed by atoms with Gasteiger partial charge < -0.3 is 18.8 Å². The smallest absolute Gasteiger partial charge is 0.399 e. The lowest BCUT2D eigenvalue weighted by Crippen LogP contribution is -2.41. The van der Waals surface area contributed by atoms with Gasteiger partial charge in [0.2, 0.25) is 0 Å². The molecule has 0 unspecified atom stereocenters. The molecule has 1 fully saturated rings. The molecule has 2 aliphatic heterocycles. The van der Waals surface area contributed by atoms with Crippen molar-refractivity contribution in [1.82, 2.24) is 0 Å². The molecule has 0 aromatic carbocycles. The maximum absolute atomic E-state index is 5.96. The lowest BCUT2D eigenvalue weighted by atomic mass is 9.75. The predicted octanol–water partition coefficient (Wildman–Crippen LogP) is 2.10. The van der Waals surface area contributed by atoms with Crippen molar-refractivity contribution < 1.29 is 18.8 Å². The summed E-state index contributed by atoms with van der Waals surface area (Å²) in [4.78, 5) is 0. The molecule has 1 saturated heterocycles. The highest BCUT2D eigenvalue weighted by molar-refractivity contribution is 6.55. The molecule has 0 N–H and O–H groups in total. The van der Waals surface area contributed by atoms with Gasteiger partial charge in [0.1, 0.15) is 6.79 Å². The predicted molar refractivity (Wildman–Crippen MR) is 70.1 cm³/mol. The van der Waals surface area contributed by atoms with E-state index in [-0.39, 0.29) is 11.2 Å². The van der Waals surface area contributed by atoms with Crippen molar-refractivity contribution in [2.45, 2.75) is 38.9 Å². The second kappa shape index (κ2) is 4.81. The average Bonchev–Trinajstić information content (AvgIpc) is 2.50. The lowest BCUT2D eigenvalue weighted by molar-refractivity contribution is -0.0276. The summed E-state index contributed by atoms with van der Waals surface area (Å²) >= 11 is 0. The Morgan fingerprint density at radius 3 is 2.39 bits per heavy atom. The number of hydrogen-bond donors (Lipinski definition) is 0. The van der Waals surface area contributed by atoms with Crippen LogP contribution in [0.1, 0.15) is 27.7 Å². The minimum Gasteiger partial charge on any atom is -0.399 e. The van der Waals surface area contributed by atoms with Crippen LogP contribution >= 0.6 is 0 Å². The number of rotatable bonds is 2. The zero-order valence-corrected chi connectivity index (χ0v) is 11.6. The highest BCUT2D eigenvalue weighted by Crippen LogP contribution is 2.39. The fraction of sp³-hybridized carbons (Fsp3) is 0.692. The van der Waals surface area contributed by atoms with Gasteiger partial charge in [0.15, 0.2) is 0 Å². The van der Waals surface area contributed by atoms with Crippen molar-refractivity contribution in [3.8, 4) is 0 Å². The molecule has 0 bridgehead atoms. The first-order chi connectivity index (χ1) is 8.33. The van der Waals surface area contributed by atoms with E-state index in [9.17, 15) is 0 Å². The van der Waals surface area contributed by atoms with E-state index in [4.69, 9.17) is 18.8 Å². The molecule has 0 atom stereocenters. The maximum Gasteiger partial charge on any atom is 0.494 e. The first kappa shape index (κ1) is 13.8. The van der Waals surface area contributed by atoms with Crippen LogP contribution in [0.3, 0.4) is 0 Å². The van der Waals surface area contributed by atoms with Gasteiger partial charge in [0.05, 0.1) is 24.4 Å². The Morgan fingerprint density at radius 1 is 1.17 bits per heavy atom. The molecule has 0 radical (unpaired) electrons. The van der Waals surface area contributed by atoms with E-state index in [1.165, 1.54) is 0 Å². The zero-order chi connectivity index (χ0) is 13.4. The number of hydrogen-bond acceptors (Lipinski definition) is 4. The van der Waals surface area contributed by atoms with Crippen LogP contribution < -0.4 is 0 Å².